The Hall–Kier alpha value is -0.120. The van der Waals surface area contributed by atoms with Gasteiger partial charge in [-0.15, -0.1) is 0 Å². The van der Waals surface area contributed by atoms with Crippen molar-refractivity contribution in [3.8, 4) is 0 Å². The maximum absolute atomic E-state index is 5.82. The fourth-order valence-electron chi connectivity index (χ4n) is 2.56. The zero-order valence-corrected chi connectivity index (χ0v) is 14.4. The Morgan fingerprint density at radius 2 is 1.15 bits per heavy atom. The summed E-state index contributed by atoms with van der Waals surface area (Å²) in [6, 6.07) is 0. The maximum Gasteiger partial charge on any atom is 0.285 e. The van der Waals surface area contributed by atoms with Gasteiger partial charge in [-0.25, -0.2) is 0 Å². The van der Waals surface area contributed by atoms with Crippen molar-refractivity contribution in [1.82, 2.24) is 0 Å². The molecule has 0 aromatic carbocycles. The predicted molar refractivity (Wildman–Crippen MR) is 84.8 cm³/mol. The molecule has 0 aromatic rings. The molecule has 0 rings (SSSR count). The topological polar surface area (TPSA) is 27.7 Å². The van der Waals surface area contributed by atoms with Crippen molar-refractivity contribution >= 4 is 0 Å². The van der Waals surface area contributed by atoms with Gasteiger partial charge in [-0.2, -0.15) is 0 Å². The van der Waals surface area contributed by atoms with Gasteiger partial charge in [-0.3, -0.25) is 0 Å². The summed E-state index contributed by atoms with van der Waals surface area (Å²) in [5.41, 5.74) is 0. The molecule has 0 aliphatic rings. The van der Waals surface area contributed by atoms with E-state index in [1.165, 1.54) is 38.5 Å². The van der Waals surface area contributed by atoms with Gasteiger partial charge in [0.25, 0.3) is 5.97 Å². The summed E-state index contributed by atoms with van der Waals surface area (Å²) >= 11 is 0. The fraction of sp³-hybridized carbons (Fsp3) is 1.00. The zero-order valence-electron chi connectivity index (χ0n) is 14.4. The minimum atomic E-state index is -0.846. The average molecular weight is 288 g/mol. The van der Waals surface area contributed by atoms with Crippen molar-refractivity contribution in [2.45, 2.75) is 85.5 Å². The van der Waals surface area contributed by atoms with Crippen LogP contribution in [0.4, 0.5) is 0 Å². The molecule has 3 nitrogen and oxygen atoms in total. The second-order valence-electron chi connectivity index (χ2n) is 5.36. The molecule has 0 aliphatic heterocycles. The van der Waals surface area contributed by atoms with Crippen molar-refractivity contribution in [3.05, 3.63) is 0 Å². The predicted octanol–water partition coefficient (Wildman–Crippen LogP) is 5.14. The molecule has 0 saturated heterocycles. The van der Waals surface area contributed by atoms with Crippen LogP contribution in [0.5, 0.6) is 0 Å². The first-order valence-corrected chi connectivity index (χ1v) is 8.58. The van der Waals surface area contributed by atoms with Gasteiger partial charge in [0.2, 0.25) is 0 Å². The lowest BCUT2D eigenvalue weighted by molar-refractivity contribution is -0.400. The Labute approximate surface area is 126 Å². The Bertz CT molecular complexity index is 189. The normalized spacial score (nSPS) is 13.7. The second-order valence-corrected chi connectivity index (χ2v) is 5.36. The Balaban J connectivity index is 4.20. The highest BCUT2D eigenvalue weighted by Gasteiger charge is 2.38. The van der Waals surface area contributed by atoms with E-state index < -0.39 is 5.97 Å². The Morgan fingerprint density at radius 1 is 0.700 bits per heavy atom. The zero-order chi connectivity index (χ0) is 15.3. The van der Waals surface area contributed by atoms with Crippen LogP contribution in [0.3, 0.4) is 0 Å². The summed E-state index contributed by atoms with van der Waals surface area (Å²) in [6.45, 7) is 12.2. The molecule has 122 valence electrons. The quantitative estimate of drug-likeness (QED) is 0.327. The van der Waals surface area contributed by atoms with Crippen LogP contribution in [0.1, 0.15) is 79.6 Å². The van der Waals surface area contributed by atoms with Crippen LogP contribution in [0.15, 0.2) is 0 Å². The van der Waals surface area contributed by atoms with Crippen molar-refractivity contribution in [2.24, 2.45) is 5.92 Å². The van der Waals surface area contributed by atoms with Crippen LogP contribution >= 0.6 is 0 Å². The summed E-state index contributed by atoms with van der Waals surface area (Å²) in [4.78, 5) is 0. The van der Waals surface area contributed by atoms with Crippen molar-refractivity contribution < 1.29 is 14.2 Å². The molecule has 0 heterocycles. The van der Waals surface area contributed by atoms with Crippen LogP contribution in [0.2, 0.25) is 0 Å². The number of unbranched alkanes of at least 4 members (excludes halogenated alkanes) is 5. The molecular weight excluding hydrogens is 252 g/mol. The molecule has 0 bridgehead atoms. The van der Waals surface area contributed by atoms with E-state index in [0.717, 1.165) is 6.42 Å². The molecule has 0 amide bonds. The molecule has 1 atom stereocenters. The molecule has 0 spiro atoms. The highest BCUT2D eigenvalue weighted by molar-refractivity contribution is 4.68. The molecule has 0 N–H and O–H groups in total. The van der Waals surface area contributed by atoms with Crippen LogP contribution in [-0.2, 0) is 14.2 Å². The molecule has 0 aliphatic carbocycles. The van der Waals surface area contributed by atoms with E-state index in [-0.39, 0.29) is 5.92 Å². The largest absolute Gasteiger partial charge is 0.328 e. The van der Waals surface area contributed by atoms with E-state index >= 15 is 0 Å². The van der Waals surface area contributed by atoms with Gasteiger partial charge in [0.1, 0.15) is 0 Å². The van der Waals surface area contributed by atoms with Crippen LogP contribution in [0.25, 0.3) is 0 Å². The Morgan fingerprint density at radius 3 is 1.60 bits per heavy atom. The van der Waals surface area contributed by atoms with E-state index in [1.807, 2.05) is 20.8 Å². The van der Waals surface area contributed by atoms with Gasteiger partial charge < -0.3 is 14.2 Å². The lowest BCUT2D eigenvalue weighted by Gasteiger charge is -2.37. The molecule has 1 unspecified atom stereocenters. The minimum Gasteiger partial charge on any atom is -0.328 e. The first-order valence-electron chi connectivity index (χ1n) is 8.58. The highest BCUT2D eigenvalue weighted by Crippen LogP contribution is 2.30. The third-order valence-corrected chi connectivity index (χ3v) is 3.63. The monoisotopic (exact) mass is 288 g/mol. The van der Waals surface area contributed by atoms with Crippen molar-refractivity contribution in [1.29, 1.82) is 0 Å². The average Bonchev–Trinajstić information content (AvgIpc) is 2.43. The SMILES string of the molecule is CCCCCCCCC(C)C(OCC)(OCC)OCC. The number of ether oxygens (including phenoxy) is 3. The molecule has 0 saturated carbocycles. The summed E-state index contributed by atoms with van der Waals surface area (Å²) in [7, 11) is 0. The molecule has 0 radical (unpaired) electrons. The first kappa shape index (κ1) is 19.9. The van der Waals surface area contributed by atoms with E-state index in [2.05, 4.69) is 13.8 Å². The van der Waals surface area contributed by atoms with Gasteiger partial charge in [-0.05, 0) is 27.2 Å². The van der Waals surface area contributed by atoms with Crippen LogP contribution < -0.4 is 0 Å². The van der Waals surface area contributed by atoms with Gasteiger partial charge in [0.15, 0.2) is 0 Å². The standard InChI is InChI=1S/C17H36O3/c1-6-10-11-12-13-14-15-16(5)17(18-7-2,19-8-3)20-9-4/h16H,6-15H2,1-5H3. The molecule has 3 heteroatoms. The molecular formula is C17H36O3. The highest BCUT2D eigenvalue weighted by atomic mass is 16.9. The summed E-state index contributed by atoms with van der Waals surface area (Å²) in [5, 5.41) is 0. The summed E-state index contributed by atoms with van der Waals surface area (Å²) in [5.74, 6) is -0.588. The summed E-state index contributed by atoms with van der Waals surface area (Å²) < 4.78 is 17.5. The third-order valence-electron chi connectivity index (χ3n) is 3.63. The maximum atomic E-state index is 5.82. The lowest BCUT2D eigenvalue weighted by atomic mass is 9.99. The van der Waals surface area contributed by atoms with Gasteiger partial charge in [0, 0.05) is 25.7 Å². The van der Waals surface area contributed by atoms with E-state index in [1.54, 1.807) is 0 Å². The van der Waals surface area contributed by atoms with Crippen LogP contribution in [0, 0.1) is 5.92 Å². The van der Waals surface area contributed by atoms with Crippen LogP contribution in [-0.4, -0.2) is 25.8 Å². The fourth-order valence-corrected chi connectivity index (χ4v) is 2.56. The minimum absolute atomic E-state index is 0.258. The lowest BCUT2D eigenvalue weighted by Crippen LogP contribution is -2.45. The van der Waals surface area contributed by atoms with Gasteiger partial charge in [-0.1, -0.05) is 52.4 Å². The van der Waals surface area contributed by atoms with Crippen molar-refractivity contribution in [2.75, 3.05) is 19.8 Å². The van der Waals surface area contributed by atoms with E-state index in [4.69, 9.17) is 14.2 Å². The number of hydrogen-bond donors (Lipinski definition) is 0. The molecule has 0 aromatic heterocycles. The Kier molecular flexibility index (Phi) is 12.5. The van der Waals surface area contributed by atoms with E-state index in [0.29, 0.717) is 19.8 Å². The number of rotatable bonds is 14. The first-order chi connectivity index (χ1) is 9.66. The molecule has 0 fully saturated rings. The molecule has 20 heavy (non-hydrogen) atoms. The summed E-state index contributed by atoms with van der Waals surface area (Å²) in [6.07, 6.45) is 8.97. The smallest absolute Gasteiger partial charge is 0.285 e. The van der Waals surface area contributed by atoms with E-state index in [9.17, 15) is 0 Å². The third kappa shape index (κ3) is 7.61. The number of hydrogen-bond acceptors (Lipinski definition) is 3. The van der Waals surface area contributed by atoms with Crippen molar-refractivity contribution in [3.63, 3.8) is 0 Å². The second kappa shape index (κ2) is 12.6. The van der Waals surface area contributed by atoms with Gasteiger partial charge >= 0.3 is 0 Å². The van der Waals surface area contributed by atoms with Gasteiger partial charge in [0.05, 0.1) is 0 Å².